The first-order chi connectivity index (χ1) is 11.4. The van der Waals surface area contributed by atoms with Crippen LogP contribution in [0.5, 0.6) is 0 Å². The molecular weight excluding hydrogens is 332 g/mol. The molecule has 0 spiro atoms. The van der Waals surface area contributed by atoms with Crippen LogP contribution in [0.4, 0.5) is 10.5 Å². The van der Waals surface area contributed by atoms with Gasteiger partial charge in [0.05, 0.1) is 12.5 Å². The summed E-state index contributed by atoms with van der Waals surface area (Å²) in [7, 11) is 0. The quantitative estimate of drug-likeness (QED) is 0.764. The molecule has 24 heavy (non-hydrogen) atoms. The second-order valence-electron chi connectivity index (χ2n) is 5.80. The fourth-order valence-electron chi connectivity index (χ4n) is 2.64. The zero-order chi connectivity index (χ0) is 17.7. The van der Waals surface area contributed by atoms with E-state index in [1.54, 1.807) is 25.1 Å². The molecule has 2 rings (SSSR count). The Morgan fingerprint density at radius 2 is 2.12 bits per heavy atom. The summed E-state index contributed by atoms with van der Waals surface area (Å²) in [6, 6.07) is 4.69. The van der Waals surface area contributed by atoms with Gasteiger partial charge in [-0.05, 0) is 37.5 Å². The van der Waals surface area contributed by atoms with E-state index in [0.29, 0.717) is 23.7 Å². The molecule has 1 aliphatic heterocycles. The van der Waals surface area contributed by atoms with Crippen LogP contribution in [0.15, 0.2) is 18.2 Å². The fourth-order valence-corrected chi connectivity index (χ4v) is 2.81. The van der Waals surface area contributed by atoms with Gasteiger partial charge in [-0.3, -0.25) is 9.59 Å². The van der Waals surface area contributed by atoms with Crippen LogP contribution in [-0.2, 0) is 9.59 Å². The highest BCUT2D eigenvalue weighted by atomic mass is 35.5. The molecule has 7 nitrogen and oxygen atoms in total. The predicted octanol–water partition coefficient (Wildman–Crippen LogP) is 1.49. The third kappa shape index (κ3) is 4.61. The molecule has 1 atom stereocenters. The number of anilines is 1. The fraction of sp³-hybridized carbons (Fsp3) is 0.438. The number of piperidine rings is 1. The second kappa shape index (κ2) is 8.01. The van der Waals surface area contributed by atoms with E-state index in [2.05, 4.69) is 10.6 Å². The highest BCUT2D eigenvalue weighted by Gasteiger charge is 2.27. The van der Waals surface area contributed by atoms with Crippen molar-refractivity contribution >= 4 is 35.1 Å². The number of hydrogen-bond donors (Lipinski definition) is 3. The number of rotatable bonds is 4. The molecule has 130 valence electrons. The minimum Gasteiger partial charge on any atom is -0.351 e. The van der Waals surface area contributed by atoms with E-state index in [4.69, 9.17) is 17.3 Å². The Labute approximate surface area is 145 Å². The van der Waals surface area contributed by atoms with Crippen molar-refractivity contribution in [1.82, 2.24) is 10.2 Å². The Morgan fingerprint density at radius 1 is 1.38 bits per heavy atom. The van der Waals surface area contributed by atoms with Crippen molar-refractivity contribution in [3.05, 3.63) is 28.8 Å². The van der Waals surface area contributed by atoms with Gasteiger partial charge in [0.15, 0.2) is 0 Å². The monoisotopic (exact) mass is 352 g/mol. The van der Waals surface area contributed by atoms with Crippen LogP contribution in [0.2, 0.25) is 5.02 Å². The molecule has 0 saturated carbocycles. The molecule has 1 aromatic carbocycles. The number of primary amides is 1. The van der Waals surface area contributed by atoms with Gasteiger partial charge in [-0.2, -0.15) is 0 Å². The first-order valence-electron chi connectivity index (χ1n) is 7.75. The van der Waals surface area contributed by atoms with Crippen molar-refractivity contribution in [2.24, 2.45) is 11.7 Å². The van der Waals surface area contributed by atoms with Crippen LogP contribution in [-0.4, -0.2) is 42.4 Å². The molecule has 1 unspecified atom stereocenters. The number of amides is 4. The minimum absolute atomic E-state index is 0.141. The van der Waals surface area contributed by atoms with E-state index < -0.39 is 6.03 Å². The molecule has 1 fully saturated rings. The molecule has 1 heterocycles. The number of benzene rings is 1. The highest BCUT2D eigenvalue weighted by Crippen LogP contribution is 2.22. The number of nitrogens with zero attached hydrogens (tertiary/aromatic N) is 1. The average Bonchev–Trinajstić information content (AvgIpc) is 2.57. The largest absolute Gasteiger partial charge is 0.351 e. The Hall–Kier alpha value is -2.28. The molecule has 8 heteroatoms. The molecule has 0 aliphatic carbocycles. The first-order valence-corrected chi connectivity index (χ1v) is 8.13. The number of hydrogen-bond acceptors (Lipinski definition) is 3. The number of urea groups is 1. The van der Waals surface area contributed by atoms with Gasteiger partial charge >= 0.3 is 6.03 Å². The number of likely N-dealkylation sites (tertiary alicyclic amines) is 1. The average molecular weight is 353 g/mol. The van der Waals surface area contributed by atoms with E-state index in [1.807, 2.05) is 0 Å². The molecular formula is C16H21ClN4O3. The van der Waals surface area contributed by atoms with E-state index >= 15 is 0 Å². The highest BCUT2D eigenvalue weighted by molar-refractivity contribution is 6.31. The van der Waals surface area contributed by atoms with Gasteiger partial charge in [0.2, 0.25) is 11.8 Å². The van der Waals surface area contributed by atoms with Gasteiger partial charge in [-0.15, -0.1) is 0 Å². The van der Waals surface area contributed by atoms with Crippen molar-refractivity contribution in [2.75, 3.05) is 25.0 Å². The van der Waals surface area contributed by atoms with Crippen LogP contribution in [0.1, 0.15) is 18.4 Å². The molecule has 1 aliphatic rings. The first kappa shape index (κ1) is 18.1. The minimum atomic E-state index is -0.526. The zero-order valence-corrected chi connectivity index (χ0v) is 14.2. The Balaban J connectivity index is 1.84. The SMILES string of the molecule is Cc1c(Cl)cccc1NC(=O)CNC(=O)C1CCCN(C(N)=O)C1. The van der Waals surface area contributed by atoms with Crippen molar-refractivity contribution in [3.8, 4) is 0 Å². The van der Waals surface area contributed by atoms with Crippen LogP contribution < -0.4 is 16.4 Å². The topological polar surface area (TPSA) is 105 Å². The summed E-state index contributed by atoms with van der Waals surface area (Å²) in [6.45, 7) is 2.51. The van der Waals surface area contributed by atoms with E-state index in [1.165, 1.54) is 4.90 Å². The summed E-state index contributed by atoms with van der Waals surface area (Å²) in [4.78, 5) is 36.8. The van der Waals surface area contributed by atoms with E-state index in [9.17, 15) is 14.4 Å². The lowest BCUT2D eigenvalue weighted by Gasteiger charge is -2.30. The maximum absolute atomic E-state index is 12.2. The Bertz CT molecular complexity index is 650. The number of nitrogens with two attached hydrogens (primary N) is 1. The predicted molar refractivity (Wildman–Crippen MR) is 91.7 cm³/mol. The van der Waals surface area contributed by atoms with Crippen molar-refractivity contribution < 1.29 is 14.4 Å². The van der Waals surface area contributed by atoms with Crippen molar-refractivity contribution in [2.45, 2.75) is 19.8 Å². The summed E-state index contributed by atoms with van der Waals surface area (Å²) in [5.74, 6) is -0.929. The smallest absolute Gasteiger partial charge is 0.314 e. The molecule has 0 radical (unpaired) electrons. The summed E-state index contributed by atoms with van der Waals surface area (Å²) in [5.41, 5.74) is 6.62. The Kier molecular flexibility index (Phi) is 6.03. The summed E-state index contributed by atoms with van der Waals surface area (Å²) < 4.78 is 0. The third-order valence-corrected chi connectivity index (χ3v) is 4.48. The molecule has 4 amide bonds. The molecule has 0 bridgehead atoms. The Morgan fingerprint density at radius 3 is 2.83 bits per heavy atom. The van der Waals surface area contributed by atoms with Gasteiger partial charge in [-0.1, -0.05) is 17.7 Å². The normalized spacial score (nSPS) is 17.2. The van der Waals surface area contributed by atoms with Crippen LogP contribution in [0.3, 0.4) is 0 Å². The number of carbonyl (C=O) groups excluding carboxylic acids is 3. The van der Waals surface area contributed by atoms with Crippen molar-refractivity contribution in [1.29, 1.82) is 0 Å². The molecule has 0 aromatic heterocycles. The molecule has 1 saturated heterocycles. The van der Waals surface area contributed by atoms with Crippen LogP contribution in [0.25, 0.3) is 0 Å². The van der Waals surface area contributed by atoms with Gasteiger partial charge in [0, 0.05) is 23.8 Å². The van der Waals surface area contributed by atoms with Gasteiger partial charge in [0.1, 0.15) is 0 Å². The lowest BCUT2D eigenvalue weighted by atomic mass is 9.97. The standard InChI is InChI=1S/C16H21ClN4O3/c1-10-12(17)5-2-6-13(10)20-14(22)8-19-15(23)11-4-3-7-21(9-11)16(18)24/h2,5-6,11H,3-4,7-9H2,1H3,(H2,18,24)(H,19,23)(H,20,22). The molecule has 4 N–H and O–H groups in total. The van der Waals surface area contributed by atoms with Crippen molar-refractivity contribution in [3.63, 3.8) is 0 Å². The van der Waals surface area contributed by atoms with Crippen LogP contribution in [0, 0.1) is 12.8 Å². The third-order valence-electron chi connectivity index (χ3n) is 4.07. The van der Waals surface area contributed by atoms with E-state index in [-0.39, 0.29) is 30.8 Å². The van der Waals surface area contributed by atoms with Gasteiger partial charge in [-0.25, -0.2) is 4.79 Å². The lowest BCUT2D eigenvalue weighted by Crippen LogP contribution is -2.48. The van der Waals surface area contributed by atoms with Crippen LogP contribution >= 0.6 is 11.6 Å². The summed E-state index contributed by atoms with van der Waals surface area (Å²) in [6.07, 6.45) is 1.39. The van der Waals surface area contributed by atoms with E-state index in [0.717, 1.165) is 12.0 Å². The zero-order valence-electron chi connectivity index (χ0n) is 13.5. The van der Waals surface area contributed by atoms with Gasteiger partial charge < -0.3 is 21.3 Å². The summed E-state index contributed by atoms with van der Waals surface area (Å²) >= 11 is 6.00. The maximum Gasteiger partial charge on any atom is 0.314 e. The number of halogens is 1. The maximum atomic E-state index is 12.2. The van der Waals surface area contributed by atoms with Gasteiger partial charge in [0.25, 0.3) is 0 Å². The lowest BCUT2D eigenvalue weighted by molar-refractivity contribution is -0.128. The second-order valence-corrected chi connectivity index (χ2v) is 6.21. The molecule has 1 aromatic rings. The number of nitrogens with one attached hydrogen (secondary N) is 2. The summed E-state index contributed by atoms with van der Waals surface area (Å²) in [5, 5.41) is 5.88. The number of carbonyl (C=O) groups is 3.